The fourth-order valence-corrected chi connectivity index (χ4v) is 1.77. The minimum absolute atomic E-state index is 0.0517. The fourth-order valence-electron chi connectivity index (χ4n) is 1.77. The van der Waals surface area contributed by atoms with Crippen LogP contribution in [0.5, 0.6) is 5.75 Å². The highest BCUT2D eigenvalue weighted by Crippen LogP contribution is 2.08. The summed E-state index contributed by atoms with van der Waals surface area (Å²) in [6.07, 6.45) is 1.33. The molecule has 0 aliphatic heterocycles. The van der Waals surface area contributed by atoms with Gasteiger partial charge in [-0.2, -0.15) is 0 Å². The van der Waals surface area contributed by atoms with Crippen LogP contribution in [0.15, 0.2) is 17.1 Å². The number of aliphatic hydroxyl groups excluding tert-OH is 2. The molecule has 6 heteroatoms. The van der Waals surface area contributed by atoms with E-state index in [1.165, 1.54) is 12.3 Å². The SMILES string of the molecule is CCN(CCO)Cc1cc(=O)c(O)cn1CCO. The molecule has 0 fully saturated rings. The van der Waals surface area contributed by atoms with E-state index in [2.05, 4.69) is 0 Å². The Morgan fingerprint density at radius 2 is 2.06 bits per heavy atom. The molecule has 18 heavy (non-hydrogen) atoms. The van der Waals surface area contributed by atoms with Crippen molar-refractivity contribution >= 4 is 0 Å². The minimum atomic E-state index is -0.431. The first-order valence-electron chi connectivity index (χ1n) is 5.98. The molecule has 0 amide bonds. The second kappa shape index (κ2) is 7.15. The van der Waals surface area contributed by atoms with Crippen LogP contribution >= 0.6 is 0 Å². The molecule has 6 nitrogen and oxygen atoms in total. The van der Waals surface area contributed by atoms with Gasteiger partial charge >= 0.3 is 0 Å². The number of likely N-dealkylation sites (N-methyl/N-ethyl adjacent to an activating group) is 1. The molecule has 0 atom stereocenters. The lowest BCUT2D eigenvalue weighted by atomic mass is 10.3. The first-order chi connectivity index (χ1) is 8.62. The van der Waals surface area contributed by atoms with Crippen LogP contribution in [0, 0.1) is 0 Å². The molecule has 0 saturated heterocycles. The maximum Gasteiger partial charge on any atom is 0.223 e. The van der Waals surface area contributed by atoms with Gasteiger partial charge in [0.1, 0.15) is 0 Å². The summed E-state index contributed by atoms with van der Waals surface area (Å²) in [5.41, 5.74) is 0.279. The van der Waals surface area contributed by atoms with Crippen LogP contribution in [-0.2, 0) is 13.1 Å². The summed E-state index contributed by atoms with van der Waals surface area (Å²) in [6.45, 7) is 4.02. The van der Waals surface area contributed by atoms with Crippen LogP contribution in [0.1, 0.15) is 12.6 Å². The predicted octanol–water partition coefficient (Wildman–Crippen LogP) is -0.640. The van der Waals surface area contributed by atoms with Crippen molar-refractivity contribution < 1.29 is 15.3 Å². The fraction of sp³-hybridized carbons (Fsp3) is 0.583. The van der Waals surface area contributed by atoms with Crippen molar-refractivity contribution in [3.63, 3.8) is 0 Å². The van der Waals surface area contributed by atoms with E-state index in [-0.39, 0.29) is 19.0 Å². The average Bonchev–Trinajstić information content (AvgIpc) is 2.35. The molecule has 102 valence electrons. The first kappa shape index (κ1) is 14.7. The molecule has 1 aromatic heterocycles. The number of pyridine rings is 1. The second-order valence-corrected chi connectivity index (χ2v) is 4.02. The molecular formula is C12H20N2O4. The zero-order chi connectivity index (χ0) is 13.5. The molecule has 0 spiro atoms. The number of aromatic nitrogens is 1. The van der Waals surface area contributed by atoms with Crippen molar-refractivity contribution in [2.45, 2.75) is 20.0 Å². The Labute approximate surface area is 106 Å². The lowest BCUT2D eigenvalue weighted by Crippen LogP contribution is -2.29. The molecule has 0 radical (unpaired) electrons. The number of rotatable bonds is 7. The highest BCUT2D eigenvalue weighted by atomic mass is 16.3. The van der Waals surface area contributed by atoms with Gasteiger partial charge in [-0.3, -0.25) is 9.69 Å². The van der Waals surface area contributed by atoms with Crippen molar-refractivity contribution in [3.05, 3.63) is 28.2 Å². The topological polar surface area (TPSA) is 85.9 Å². The largest absolute Gasteiger partial charge is 0.503 e. The summed E-state index contributed by atoms with van der Waals surface area (Å²) in [6, 6.07) is 1.37. The highest BCUT2D eigenvalue weighted by Gasteiger charge is 2.09. The Balaban J connectivity index is 2.97. The van der Waals surface area contributed by atoms with Gasteiger partial charge in [-0.1, -0.05) is 6.92 Å². The van der Waals surface area contributed by atoms with Crippen molar-refractivity contribution in [1.29, 1.82) is 0 Å². The van der Waals surface area contributed by atoms with Gasteiger partial charge in [0.2, 0.25) is 5.43 Å². The number of hydrogen-bond acceptors (Lipinski definition) is 5. The Hall–Kier alpha value is -1.37. The first-order valence-corrected chi connectivity index (χ1v) is 5.98. The van der Waals surface area contributed by atoms with Gasteiger partial charge in [0.05, 0.1) is 19.4 Å². The van der Waals surface area contributed by atoms with Gasteiger partial charge in [0, 0.05) is 31.4 Å². The number of nitrogens with zero attached hydrogens (tertiary/aromatic N) is 2. The lowest BCUT2D eigenvalue weighted by Gasteiger charge is -2.21. The highest BCUT2D eigenvalue weighted by molar-refractivity contribution is 5.20. The van der Waals surface area contributed by atoms with E-state index in [9.17, 15) is 9.90 Å². The monoisotopic (exact) mass is 256 g/mol. The number of aromatic hydroxyl groups is 1. The molecular weight excluding hydrogens is 236 g/mol. The van der Waals surface area contributed by atoms with Crippen LogP contribution in [-0.4, -0.2) is 51.1 Å². The summed E-state index contributed by atoms with van der Waals surface area (Å²) in [7, 11) is 0. The Morgan fingerprint density at radius 3 is 2.61 bits per heavy atom. The van der Waals surface area contributed by atoms with Gasteiger partial charge in [0.15, 0.2) is 5.75 Å². The summed E-state index contributed by atoms with van der Waals surface area (Å²) in [5.74, 6) is -0.322. The van der Waals surface area contributed by atoms with Crippen LogP contribution in [0.3, 0.4) is 0 Å². The van der Waals surface area contributed by atoms with E-state index in [1.54, 1.807) is 4.57 Å². The van der Waals surface area contributed by atoms with Crippen LogP contribution in [0.2, 0.25) is 0 Å². The molecule has 3 N–H and O–H groups in total. The molecule has 0 aliphatic carbocycles. The summed E-state index contributed by atoms with van der Waals surface area (Å²) >= 11 is 0. The molecule has 0 aromatic carbocycles. The zero-order valence-corrected chi connectivity index (χ0v) is 10.5. The van der Waals surface area contributed by atoms with E-state index >= 15 is 0 Å². The molecule has 1 rings (SSSR count). The summed E-state index contributed by atoms with van der Waals surface area (Å²) in [4.78, 5) is 13.4. The van der Waals surface area contributed by atoms with E-state index in [4.69, 9.17) is 10.2 Å². The van der Waals surface area contributed by atoms with Gasteiger partial charge in [-0.05, 0) is 6.54 Å². The van der Waals surface area contributed by atoms with Crippen molar-refractivity contribution in [2.75, 3.05) is 26.3 Å². The van der Waals surface area contributed by atoms with Crippen molar-refractivity contribution in [2.24, 2.45) is 0 Å². The standard InChI is InChI=1S/C12H20N2O4/c1-2-13(3-5-15)8-10-7-11(17)12(18)9-14(10)4-6-16/h7,9,15-16,18H,2-6,8H2,1H3. The van der Waals surface area contributed by atoms with E-state index in [0.717, 1.165) is 6.54 Å². The minimum Gasteiger partial charge on any atom is -0.503 e. The van der Waals surface area contributed by atoms with E-state index in [0.29, 0.717) is 25.3 Å². The third-order valence-corrected chi connectivity index (χ3v) is 2.79. The number of aliphatic hydroxyl groups is 2. The normalized spacial score (nSPS) is 11.1. The summed E-state index contributed by atoms with van der Waals surface area (Å²) < 4.78 is 1.65. The molecule has 0 bridgehead atoms. The van der Waals surface area contributed by atoms with Crippen molar-refractivity contribution in [1.82, 2.24) is 9.47 Å². The smallest absolute Gasteiger partial charge is 0.223 e. The van der Waals surface area contributed by atoms with Gasteiger partial charge < -0.3 is 19.9 Å². The summed E-state index contributed by atoms with van der Waals surface area (Å²) in [5, 5.41) is 27.3. The molecule has 0 unspecified atom stereocenters. The molecule has 1 aromatic rings. The van der Waals surface area contributed by atoms with E-state index in [1.807, 2.05) is 11.8 Å². The van der Waals surface area contributed by atoms with Crippen LogP contribution in [0.25, 0.3) is 0 Å². The predicted molar refractivity (Wildman–Crippen MR) is 67.5 cm³/mol. The van der Waals surface area contributed by atoms with Crippen LogP contribution < -0.4 is 5.43 Å². The van der Waals surface area contributed by atoms with Crippen LogP contribution in [0.4, 0.5) is 0 Å². The average molecular weight is 256 g/mol. The molecule has 0 saturated carbocycles. The number of hydrogen-bond donors (Lipinski definition) is 3. The Bertz CT molecular complexity index is 431. The van der Waals surface area contributed by atoms with E-state index < -0.39 is 5.43 Å². The third-order valence-electron chi connectivity index (χ3n) is 2.79. The Kier molecular flexibility index (Phi) is 5.84. The molecule has 1 heterocycles. The maximum absolute atomic E-state index is 11.4. The maximum atomic E-state index is 11.4. The van der Waals surface area contributed by atoms with Gasteiger partial charge in [-0.25, -0.2) is 0 Å². The second-order valence-electron chi connectivity index (χ2n) is 4.02. The van der Waals surface area contributed by atoms with Gasteiger partial charge in [-0.15, -0.1) is 0 Å². The van der Waals surface area contributed by atoms with Crippen molar-refractivity contribution in [3.8, 4) is 5.75 Å². The quantitative estimate of drug-likeness (QED) is 0.604. The Morgan fingerprint density at radius 1 is 1.33 bits per heavy atom. The van der Waals surface area contributed by atoms with Gasteiger partial charge in [0.25, 0.3) is 0 Å². The zero-order valence-electron chi connectivity index (χ0n) is 10.5. The lowest BCUT2D eigenvalue weighted by molar-refractivity contribution is 0.191. The third kappa shape index (κ3) is 3.83. The molecule has 0 aliphatic rings.